The molecule has 2 aromatic rings. The number of ketones is 1. The minimum absolute atomic E-state index is 0.0657. The number of aliphatic hydroxyl groups is 1. The summed E-state index contributed by atoms with van der Waals surface area (Å²) in [6.45, 7) is 5.57. The minimum Gasteiger partial charge on any atom is -0.507 e. The molecule has 1 amide bonds. The monoisotopic (exact) mass is 464 g/mol. The highest BCUT2D eigenvalue weighted by Gasteiger charge is 2.46. The van der Waals surface area contributed by atoms with Crippen LogP contribution in [0.4, 0.5) is 0 Å². The number of rotatable bonds is 8. The van der Waals surface area contributed by atoms with Crippen LogP contribution in [0.5, 0.6) is 11.5 Å². The fourth-order valence-electron chi connectivity index (χ4n) is 4.68. The molecule has 1 fully saturated rings. The van der Waals surface area contributed by atoms with Crippen LogP contribution in [0.15, 0.2) is 48.0 Å². The second-order valence-electron chi connectivity index (χ2n) is 9.11. The van der Waals surface area contributed by atoms with Crippen LogP contribution in [-0.4, -0.2) is 66.5 Å². The Balaban J connectivity index is 1.79. The Morgan fingerprint density at radius 1 is 1.21 bits per heavy atom. The molecule has 34 heavy (non-hydrogen) atoms. The first kappa shape index (κ1) is 23.8. The molecule has 0 aliphatic carbocycles. The van der Waals surface area contributed by atoms with E-state index in [9.17, 15) is 14.7 Å². The van der Waals surface area contributed by atoms with Crippen molar-refractivity contribution in [2.45, 2.75) is 38.8 Å². The molecule has 0 radical (unpaired) electrons. The molecule has 4 rings (SSSR count). The van der Waals surface area contributed by atoms with E-state index < -0.39 is 17.7 Å². The molecule has 1 saturated heterocycles. The number of amides is 1. The van der Waals surface area contributed by atoms with Crippen molar-refractivity contribution in [3.8, 4) is 11.5 Å². The van der Waals surface area contributed by atoms with E-state index in [0.29, 0.717) is 30.9 Å². The normalized spacial score (nSPS) is 21.1. The third-order valence-electron chi connectivity index (χ3n) is 6.20. The van der Waals surface area contributed by atoms with E-state index in [-0.39, 0.29) is 17.4 Å². The van der Waals surface area contributed by atoms with Crippen LogP contribution in [0.2, 0.25) is 0 Å². The lowest BCUT2D eigenvalue weighted by atomic mass is 9.94. The van der Waals surface area contributed by atoms with Gasteiger partial charge in [0.25, 0.3) is 11.7 Å². The second-order valence-corrected chi connectivity index (χ2v) is 9.11. The highest BCUT2D eigenvalue weighted by Crippen LogP contribution is 2.41. The molecule has 0 saturated carbocycles. The van der Waals surface area contributed by atoms with E-state index in [0.717, 1.165) is 29.8 Å². The Bertz CT molecular complexity index is 1120. The lowest BCUT2D eigenvalue weighted by molar-refractivity contribution is -0.139. The van der Waals surface area contributed by atoms with Gasteiger partial charge in [-0.1, -0.05) is 12.1 Å². The number of hydrogen-bond acceptors (Lipinski definition) is 6. The van der Waals surface area contributed by atoms with Gasteiger partial charge in [-0.3, -0.25) is 9.59 Å². The van der Waals surface area contributed by atoms with Crippen molar-refractivity contribution < 1.29 is 24.2 Å². The number of Topliss-reactive ketones (excluding diaryl/α,β-unsaturated/α-hetero) is 1. The first-order valence-electron chi connectivity index (χ1n) is 11.8. The molecule has 0 spiro atoms. The maximum absolute atomic E-state index is 13.2. The maximum atomic E-state index is 13.2. The Morgan fingerprint density at radius 3 is 2.74 bits per heavy atom. The predicted molar refractivity (Wildman–Crippen MR) is 130 cm³/mol. The van der Waals surface area contributed by atoms with Crippen LogP contribution in [0.25, 0.3) is 5.76 Å². The summed E-state index contributed by atoms with van der Waals surface area (Å²) in [6, 6.07) is 12.1. The summed E-state index contributed by atoms with van der Waals surface area (Å²) < 4.78 is 11.4. The van der Waals surface area contributed by atoms with E-state index in [4.69, 9.17) is 9.47 Å². The summed E-state index contributed by atoms with van der Waals surface area (Å²) >= 11 is 0. The van der Waals surface area contributed by atoms with Gasteiger partial charge >= 0.3 is 0 Å². The molecule has 2 aliphatic heterocycles. The zero-order valence-corrected chi connectivity index (χ0v) is 20.2. The SMILES string of the molecule is CCOc1cccc([C@@H]2/C(=C(\O)c3ccc4c(c3)C[C@H](C)O4)C(=O)C(=O)N2CCCN(C)C)c1. The first-order chi connectivity index (χ1) is 16.3. The fourth-order valence-corrected chi connectivity index (χ4v) is 4.68. The molecule has 0 aromatic heterocycles. The van der Waals surface area contributed by atoms with Gasteiger partial charge in [-0.25, -0.2) is 0 Å². The van der Waals surface area contributed by atoms with Crippen LogP contribution < -0.4 is 9.47 Å². The second kappa shape index (κ2) is 9.89. The summed E-state index contributed by atoms with van der Waals surface area (Å²) in [7, 11) is 3.94. The molecule has 0 bridgehead atoms. The average molecular weight is 465 g/mol. The molecule has 2 aromatic carbocycles. The zero-order valence-electron chi connectivity index (χ0n) is 20.2. The van der Waals surface area contributed by atoms with Crippen LogP contribution >= 0.6 is 0 Å². The molecule has 0 unspecified atom stereocenters. The van der Waals surface area contributed by atoms with Gasteiger partial charge in [-0.05, 0) is 82.4 Å². The van der Waals surface area contributed by atoms with Gasteiger partial charge in [0.05, 0.1) is 18.2 Å². The molecule has 2 heterocycles. The summed E-state index contributed by atoms with van der Waals surface area (Å²) in [6.07, 6.45) is 1.50. The van der Waals surface area contributed by atoms with Crippen LogP contribution in [0.3, 0.4) is 0 Å². The number of carbonyl (C=O) groups is 2. The van der Waals surface area contributed by atoms with Gasteiger partial charge in [0, 0.05) is 18.5 Å². The van der Waals surface area contributed by atoms with Gasteiger partial charge in [0.2, 0.25) is 0 Å². The molecule has 1 N–H and O–H groups in total. The van der Waals surface area contributed by atoms with Crippen molar-refractivity contribution in [1.29, 1.82) is 0 Å². The van der Waals surface area contributed by atoms with E-state index in [2.05, 4.69) is 0 Å². The number of hydrogen-bond donors (Lipinski definition) is 1. The number of fused-ring (bicyclic) bond motifs is 1. The Labute approximate surface area is 200 Å². The quantitative estimate of drug-likeness (QED) is 0.364. The van der Waals surface area contributed by atoms with Crippen molar-refractivity contribution >= 4 is 17.4 Å². The Kier molecular flexibility index (Phi) is 6.93. The van der Waals surface area contributed by atoms with Crippen molar-refractivity contribution in [1.82, 2.24) is 9.80 Å². The van der Waals surface area contributed by atoms with Gasteiger partial charge in [0.15, 0.2) is 0 Å². The van der Waals surface area contributed by atoms with Crippen molar-refractivity contribution in [3.63, 3.8) is 0 Å². The third-order valence-corrected chi connectivity index (χ3v) is 6.20. The van der Waals surface area contributed by atoms with Gasteiger partial charge in [-0.15, -0.1) is 0 Å². The number of likely N-dealkylation sites (tertiary alicyclic amines) is 1. The molecule has 2 aliphatic rings. The minimum atomic E-state index is -0.689. The Hall–Kier alpha value is -3.32. The molecule has 7 nitrogen and oxygen atoms in total. The third kappa shape index (κ3) is 4.66. The predicted octanol–water partition coefficient (Wildman–Crippen LogP) is 3.78. The van der Waals surface area contributed by atoms with Gasteiger partial charge < -0.3 is 24.4 Å². The van der Waals surface area contributed by atoms with Crippen molar-refractivity contribution in [2.75, 3.05) is 33.8 Å². The maximum Gasteiger partial charge on any atom is 0.295 e. The number of ether oxygens (including phenoxy) is 2. The summed E-state index contributed by atoms with van der Waals surface area (Å²) in [5.74, 6) is 0.0174. The molecular formula is C27H32N2O5. The van der Waals surface area contributed by atoms with Crippen LogP contribution in [-0.2, 0) is 16.0 Å². The molecule has 7 heteroatoms. The average Bonchev–Trinajstić information content (AvgIpc) is 3.29. The molecule has 2 atom stereocenters. The van der Waals surface area contributed by atoms with Crippen LogP contribution in [0, 0.1) is 0 Å². The van der Waals surface area contributed by atoms with E-state index >= 15 is 0 Å². The smallest absolute Gasteiger partial charge is 0.295 e. The molecule has 180 valence electrons. The van der Waals surface area contributed by atoms with Gasteiger partial charge in [-0.2, -0.15) is 0 Å². The highest BCUT2D eigenvalue weighted by atomic mass is 16.5. The van der Waals surface area contributed by atoms with E-state index in [1.807, 2.05) is 69.2 Å². The van der Waals surface area contributed by atoms with E-state index in [1.54, 1.807) is 11.0 Å². The summed E-state index contributed by atoms with van der Waals surface area (Å²) in [4.78, 5) is 30.0. The number of nitrogens with zero attached hydrogens (tertiary/aromatic N) is 2. The van der Waals surface area contributed by atoms with Crippen molar-refractivity contribution in [3.05, 3.63) is 64.7 Å². The highest BCUT2D eigenvalue weighted by molar-refractivity contribution is 6.46. The lowest BCUT2D eigenvalue weighted by Crippen LogP contribution is -2.32. The Morgan fingerprint density at radius 2 is 2.00 bits per heavy atom. The topological polar surface area (TPSA) is 79.3 Å². The summed E-state index contributed by atoms with van der Waals surface area (Å²) in [5, 5.41) is 11.3. The van der Waals surface area contributed by atoms with Crippen LogP contribution in [0.1, 0.15) is 43.0 Å². The largest absolute Gasteiger partial charge is 0.507 e. The fraction of sp³-hybridized carbons (Fsp3) is 0.407. The number of aliphatic hydroxyl groups excluding tert-OH is 1. The van der Waals surface area contributed by atoms with Gasteiger partial charge in [0.1, 0.15) is 23.4 Å². The van der Waals surface area contributed by atoms with Crippen molar-refractivity contribution in [2.24, 2.45) is 0 Å². The zero-order chi connectivity index (χ0) is 24.4. The standard InChI is InChI=1S/C27H32N2O5/c1-5-33-21-9-6-8-18(16-21)24-23(26(31)27(32)29(24)13-7-12-28(3)4)25(30)19-10-11-22-20(15-19)14-17(2)34-22/h6,8-11,15-17,24,30H,5,7,12-14H2,1-4H3/b25-23+/t17-,24+/m0/s1. The summed E-state index contributed by atoms with van der Waals surface area (Å²) in [5.41, 5.74) is 2.32. The molecular weight excluding hydrogens is 432 g/mol. The number of carbonyl (C=O) groups excluding carboxylic acids is 2. The lowest BCUT2D eigenvalue weighted by Gasteiger charge is -2.26. The van der Waals surface area contributed by atoms with E-state index in [1.165, 1.54) is 0 Å². The number of benzene rings is 2. The first-order valence-corrected chi connectivity index (χ1v) is 11.8.